The number of aliphatic hydroxyl groups excluding tert-OH is 1. The highest BCUT2D eigenvalue weighted by molar-refractivity contribution is 4.58. The molecule has 0 atom stereocenters. The van der Waals surface area contributed by atoms with Crippen LogP contribution in [0.2, 0.25) is 0 Å². The molecular weight excluding hydrogens is 136 g/mol. The second-order valence-corrected chi connectivity index (χ2v) is 3.03. The van der Waals surface area contributed by atoms with E-state index in [0.29, 0.717) is 12.0 Å². The number of aliphatic hydroxyl groups is 1. The number of hydrogen-bond acceptors (Lipinski definition) is 1. The minimum atomic E-state index is 0.300. The van der Waals surface area contributed by atoms with Gasteiger partial charge in [0.25, 0.3) is 0 Å². The lowest BCUT2D eigenvalue weighted by Gasteiger charge is -2.14. The zero-order valence-corrected chi connectivity index (χ0v) is 9.36. The van der Waals surface area contributed by atoms with Crippen LogP contribution in [0, 0.1) is 5.41 Å². The summed E-state index contributed by atoms with van der Waals surface area (Å²) in [6.45, 7) is 14.7. The Balaban J connectivity index is -0.000000138. The van der Waals surface area contributed by atoms with Crippen LogP contribution in [0.5, 0.6) is 0 Å². The smallest absolute Gasteiger partial charge is 0.0436 e. The molecule has 0 radical (unpaired) electrons. The molecule has 72 valence electrons. The van der Waals surface area contributed by atoms with Gasteiger partial charge < -0.3 is 5.11 Å². The van der Waals surface area contributed by atoms with Gasteiger partial charge in [0, 0.05) is 6.61 Å². The van der Waals surface area contributed by atoms with Gasteiger partial charge in [-0.05, 0) is 11.8 Å². The zero-order chi connectivity index (χ0) is 9.91. The van der Waals surface area contributed by atoms with Gasteiger partial charge >= 0.3 is 0 Å². The van der Waals surface area contributed by atoms with Crippen molar-refractivity contribution in [3.63, 3.8) is 0 Å². The molecule has 0 heterocycles. The van der Waals surface area contributed by atoms with Crippen molar-refractivity contribution in [1.29, 1.82) is 0 Å². The third-order valence-corrected chi connectivity index (χ3v) is 0.862. The van der Waals surface area contributed by atoms with Gasteiger partial charge in [0.15, 0.2) is 0 Å². The normalized spacial score (nSPS) is 8.73. The zero-order valence-electron chi connectivity index (χ0n) is 9.36. The maximum Gasteiger partial charge on any atom is 0.0436 e. The second kappa shape index (κ2) is 12.6. The van der Waals surface area contributed by atoms with Crippen molar-refractivity contribution in [2.24, 2.45) is 5.41 Å². The molecule has 0 bridgehead atoms. The summed E-state index contributed by atoms with van der Waals surface area (Å²) >= 11 is 0. The average molecular weight is 162 g/mol. The Morgan fingerprint density at radius 3 is 1.18 bits per heavy atom. The van der Waals surface area contributed by atoms with Crippen molar-refractivity contribution in [1.82, 2.24) is 0 Å². The molecule has 1 N–H and O–H groups in total. The highest BCUT2D eigenvalue weighted by Crippen LogP contribution is 2.16. The van der Waals surface area contributed by atoms with Gasteiger partial charge in [-0.25, -0.2) is 0 Å². The standard InChI is InChI=1S/C6H14O.2C2H6/c1-6(2,3)4-5-7;2*1-2/h7H,4-5H2,1-3H3;2*1-2H3. The lowest BCUT2D eigenvalue weighted by Crippen LogP contribution is -2.06. The monoisotopic (exact) mass is 162 g/mol. The van der Waals surface area contributed by atoms with E-state index in [4.69, 9.17) is 5.11 Å². The Hall–Kier alpha value is -0.0400. The summed E-state index contributed by atoms with van der Waals surface area (Å²) in [4.78, 5) is 0. The van der Waals surface area contributed by atoms with E-state index in [1.807, 2.05) is 27.7 Å². The summed E-state index contributed by atoms with van der Waals surface area (Å²) in [5.41, 5.74) is 0.300. The van der Waals surface area contributed by atoms with Crippen LogP contribution in [0.15, 0.2) is 0 Å². The first-order valence-electron chi connectivity index (χ1n) is 4.67. The van der Waals surface area contributed by atoms with Crippen LogP contribution >= 0.6 is 0 Å². The molecule has 1 nitrogen and oxygen atoms in total. The first kappa shape index (κ1) is 17.2. The molecule has 0 amide bonds. The number of hydrogen-bond donors (Lipinski definition) is 1. The van der Waals surface area contributed by atoms with E-state index in [0.717, 1.165) is 6.42 Å². The van der Waals surface area contributed by atoms with Gasteiger partial charge in [0.05, 0.1) is 0 Å². The first-order valence-corrected chi connectivity index (χ1v) is 4.67. The Kier molecular flexibility index (Phi) is 19.7. The van der Waals surface area contributed by atoms with E-state index < -0.39 is 0 Å². The first-order chi connectivity index (χ1) is 5.06. The fraction of sp³-hybridized carbons (Fsp3) is 1.00. The predicted octanol–water partition coefficient (Wildman–Crippen LogP) is 3.47. The third kappa shape index (κ3) is 40.2. The second-order valence-electron chi connectivity index (χ2n) is 3.03. The van der Waals surface area contributed by atoms with Gasteiger partial charge in [-0.3, -0.25) is 0 Å². The van der Waals surface area contributed by atoms with Crippen LogP contribution in [-0.4, -0.2) is 11.7 Å². The SMILES string of the molecule is CC.CC.CC(C)(C)CCO. The molecule has 0 saturated carbocycles. The van der Waals surface area contributed by atoms with Crippen molar-refractivity contribution in [2.75, 3.05) is 6.61 Å². The van der Waals surface area contributed by atoms with Gasteiger partial charge in [-0.2, -0.15) is 0 Å². The maximum absolute atomic E-state index is 8.40. The summed E-state index contributed by atoms with van der Waals surface area (Å²) in [5.74, 6) is 0. The van der Waals surface area contributed by atoms with Crippen molar-refractivity contribution >= 4 is 0 Å². The third-order valence-electron chi connectivity index (χ3n) is 0.862. The van der Waals surface area contributed by atoms with Crippen LogP contribution in [0.4, 0.5) is 0 Å². The van der Waals surface area contributed by atoms with Gasteiger partial charge in [0.2, 0.25) is 0 Å². The van der Waals surface area contributed by atoms with E-state index in [1.165, 1.54) is 0 Å². The molecule has 0 aromatic heterocycles. The van der Waals surface area contributed by atoms with E-state index >= 15 is 0 Å². The summed E-state index contributed by atoms with van der Waals surface area (Å²) in [6, 6.07) is 0. The summed E-state index contributed by atoms with van der Waals surface area (Å²) < 4.78 is 0. The van der Waals surface area contributed by atoms with Crippen molar-refractivity contribution in [2.45, 2.75) is 54.9 Å². The molecule has 0 aliphatic rings. The van der Waals surface area contributed by atoms with Crippen molar-refractivity contribution in [3.05, 3.63) is 0 Å². The molecule has 0 spiro atoms. The van der Waals surface area contributed by atoms with E-state index in [9.17, 15) is 0 Å². The number of rotatable bonds is 1. The quantitative estimate of drug-likeness (QED) is 0.626. The topological polar surface area (TPSA) is 20.2 Å². The molecule has 0 rings (SSSR count). The van der Waals surface area contributed by atoms with Crippen LogP contribution in [0.25, 0.3) is 0 Å². The van der Waals surface area contributed by atoms with Gasteiger partial charge in [0.1, 0.15) is 0 Å². The van der Waals surface area contributed by atoms with Crippen molar-refractivity contribution in [3.8, 4) is 0 Å². The van der Waals surface area contributed by atoms with E-state index in [2.05, 4.69) is 20.8 Å². The largest absolute Gasteiger partial charge is 0.396 e. The minimum Gasteiger partial charge on any atom is -0.396 e. The molecule has 1 heteroatoms. The molecule has 0 aromatic carbocycles. The van der Waals surface area contributed by atoms with Gasteiger partial charge in [-0.1, -0.05) is 48.5 Å². The molecule has 0 unspecified atom stereocenters. The average Bonchev–Trinajstić information content (AvgIpc) is 1.94. The van der Waals surface area contributed by atoms with Crippen molar-refractivity contribution < 1.29 is 5.11 Å². The maximum atomic E-state index is 8.40. The molecule has 0 aliphatic heterocycles. The highest BCUT2D eigenvalue weighted by Gasteiger charge is 2.06. The molecule has 0 aromatic rings. The summed E-state index contributed by atoms with van der Waals surface area (Å²) in [6.07, 6.45) is 0.896. The Labute approximate surface area is 72.8 Å². The predicted molar refractivity (Wildman–Crippen MR) is 53.9 cm³/mol. The Morgan fingerprint density at radius 2 is 1.18 bits per heavy atom. The molecule has 0 aliphatic carbocycles. The van der Waals surface area contributed by atoms with Crippen LogP contribution in [0.1, 0.15) is 54.9 Å². The van der Waals surface area contributed by atoms with E-state index in [1.54, 1.807) is 0 Å². The summed E-state index contributed by atoms with van der Waals surface area (Å²) in [7, 11) is 0. The van der Waals surface area contributed by atoms with Gasteiger partial charge in [-0.15, -0.1) is 0 Å². The van der Waals surface area contributed by atoms with E-state index in [-0.39, 0.29) is 0 Å². The highest BCUT2D eigenvalue weighted by atomic mass is 16.3. The van der Waals surface area contributed by atoms with Crippen LogP contribution < -0.4 is 0 Å². The Morgan fingerprint density at radius 1 is 0.909 bits per heavy atom. The molecular formula is C10H26O. The minimum absolute atomic E-state index is 0.300. The molecule has 11 heavy (non-hydrogen) atoms. The molecule has 0 saturated heterocycles. The van der Waals surface area contributed by atoms with Crippen LogP contribution in [0.3, 0.4) is 0 Å². The Bertz CT molecular complexity index is 43.3. The summed E-state index contributed by atoms with van der Waals surface area (Å²) in [5, 5.41) is 8.40. The van der Waals surface area contributed by atoms with Crippen LogP contribution in [-0.2, 0) is 0 Å². The molecule has 0 fully saturated rings. The lowest BCUT2D eigenvalue weighted by atomic mass is 9.93. The fourth-order valence-corrected chi connectivity index (χ4v) is 0.335. The lowest BCUT2D eigenvalue weighted by molar-refractivity contribution is 0.225. The fourth-order valence-electron chi connectivity index (χ4n) is 0.335.